The van der Waals surface area contributed by atoms with Gasteiger partial charge in [-0.05, 0) is 33.3 Å². The lowest BCUT2D eigenvalue weighted by Crippen LogP contribution is -2.20. The summed E-state index contributed by atoms with van der Waals surface area (Å²) in [7, 11) is 0. The van der Waals surface area contributed by atoms with Crippen LogP contribution in [0.25, 0.3) is 0 Å². The molecule has 0 saturated heterocycles. The minimum Gasteiger partial charge on any atom is -0.449 e. The van der Waals surface area contributed by atoms with Crippen LogP contribution in [0.4, 0.5) is 4.79 Å². The van der Waals surface area contributed by atoms with Crippen LogP contribution in [0.2, 0.25) is 0 Å². The van der Waals surface area contributed by atoms with Crippen LogP contribution >= 0.6 is 0 Å². The number of benzene rings is 1. The molecule has 0 spiro atoms. The summed E-state index contributed by atoms with van der Waals surface area (Å²) < 4.78 is 4.72. The van der Waals surface area contributed by atoms with Crippen molar-refractivity contribution in [3.05, 3.63) is 34.9 Å². The van der Waals surface area contributed by atoms with Gasteiger partial charge in [-0.3, -0.25) is 0 Å². The number of nitrogens with zero attached hydrogens (tertiary/aromatic N) is 1. The molecule has 0 saturated carbocycles. The summed E-state index contributed by atoms with van der Waals surface area (Å²) in [6.45, 7) is 8.00. The molecule has 1 amide bonds. The van der Waals surface area contributed by atoms with E-state index >= 15 is 0 Å². The third-order valence-corrected chi connectivity index (χ3v) is 2.36. The van der Waals surface area contributed by atoms with Crippen LogP contribution in [0.15, 0.2) is 23.3 Å². The van der Waals surface area contributed by atoms with E-state index < -0.39 is 6.09 Å². The molecule has 0 heterocycles. The van der Waals surface area contributed by atoms with Crippen molar-refractivity contribution >= 4 is 11.8 Å². The topological polar surface area (TPSA) is 50.7 Å². The lowest BCUT2D eigenvalue weighted by molar-refractivity contribution is 0.152. The molecule has 17 heavy (non-hydrogen) atoms. The summed E-state index contributed by atoms with van der Waals surface area (Å²) in [6.07, 6.45) is -0.531. The highest BCUT2D eigenvalue weighted by atomic mass is 16.5. The lowest BCUT2D eigenvalue weighted by atomic mass is 10.0. The summed E-state index contributed by atoms with van der Waals surface area (Å²) in [4.78, 5) is 11.1. The molecule has 0 aromatic heterocycles. The first kappa shape index (κ1) is 13.2. The molecule has 4 nitrogen and oxygen atoms in total. The number of ether oxygens (including phenoxy) is 1. The van der Waals surface area contributed by atoms with Crippen LogP contribution in [0.1, 0.15) is 30.5 Å². The third-order valence-electron chi connectivity index (χ3n) is 2.36. The van der Waals surface area contributed by atoms with Gasteiger partial charge in [0.05, 0.1) is 12.3 Å². The van der Waals surface area contributed by atoms with Gasteiger partial charge in [0.1, 0.15) is 0 Å². The fourth-order valence-electron chi connectivity index (χ4n) is 1.57. The SMILES string of the molecule is CCOC(=O)N/N=C(/C)c1ccc(C)cc1C. The number of nitrogens with one attached hydrogen (secondary N) is 1. The Bertz CT molecular complexity index is 439. The second-order valence-electron chi connectivity index (χ2n) is 3.85. The average molecular weight is 234 g/mol. The van der Waals surface area contributed by atoms with Crippen molar-refractivity contribution < 1.29 is 9.53 Å². The first-order valence-corrected chi connectivity index (χ1v) is 5.59. The molecular weight excluding hydrogens is 216 g/mol. The van der Waals surface area contributed by atoms with Crippen LogP contribution in [-0.2, 0) is 4.74 Å². The molecule has 1 aromatic carbocycles. The van der Waals surface area contributed by atoms with Crippen LogP contribution in [0.5, 0.6) is 0 Å². The predicted molar refractivity (Wildman–Crippen MR) is 68.3 cm³/mol. The smallest absolute Gasteiger partial charge is 0.427 e. The molecule has 0 bridgehead atoms. The van der Waals surface area contributed by atoms with Crippen molar-refractivity contribution in [3.63, 3.8) is 0 Å². The number of hydrazone groups is 1. The Morgan fingerprint density at radius 1 is 1.41 bits per heavy atom. The fraction of sp³-hybridized carbons (Fsp3) is 0.385. The monoisotopic (exact) mass is 234 g/mol. The Hall–Kier alpha value is -1.84. The standard InChI is InChI=1S/C13H18N2O2/c1-5-17-13(16)15-14-11(4)12-7-6-9(2)8-10(12)3/h6-8H,5H2,1-4H3,(H,15,16)/b14-11-. The normalized spacial score (nSPS) is 11.2. The van der Waals surface area contributed by atoms with Gasteiger partial charge in [0.2, 0.25) is 0 Å². The van der Waals surface area contributed by atoms with E-state index in [1.807, 2.05) is 32.9 Å². The van der Waals surface area contributed by atoms with Crippen molar-refractivity contribution in [3.8, 4) is 0 Å². The summed E-state index contributed by atoms with van der Waals surface area (Å²) in [5.41, 5.74) is 6.47. The highest BCUT2D eigenvalue weighted by Gasteiger charge is 2.03. The molecule has 0 aliphatic heterocycles. The Labute approximate surface area is 102 Å². The molecule has 0 aliphatic rings. The zero-order valence-electron chi connectivity index (χ0n) is 10.7. The number of carbonyl (C=O) groups excluding carboxylic acids is 1. The van der Waals surface area contributed by atoms with Gasteiger partial charge in [-0.2, -0.15) is 5.10 Å². The van der Waals surface area contributed by atoms with E-state index in [0.29, 0.717) is 6.61 Å². The van der Waals surface area contributed by atoms with E-state index in [9.17, 15) is 4.79 Å². The Morgan fingerprint density at radius 2 is 2.12 bits per heavy atom. The van der Waals surface area contributed by atoms with Crippen LogP contribution in [0.3, 0.4) is 0 Å². The van der Waals surface area contributed by atoms with Gasteiger partial charge < -0.3 is 4.74 Å². The molecule has 0 atom stereocenters. The highest BCUT2D eigenvalue weighted by Crippen LogP contribution is 2.11. The molecule has 0 fully saturated rings. The van der Waals surface area contributed by atoms with Crippen molar-refractivity contribution in [1.29, 1.82) is 0 Å². The lowest BCUT2D eigenvalue weighted by Gasteiger charge is -2.07. The predicted octanol–water partition coefficient (Wildman–Crippen LogP) is 2.77. The Balaban J connectivity index is 2.78. The van der Waals surface area contributed by atoms with Gasteiger partial charge in [0.25, 0.3) is 0 Å². The van der Waals surface area contributed by atoms with E-state index in [1.54, 1.807) is 6.92 Å². The number of aryl methyl sites for hydroxylation is 2. The molecule has 0 aliphatic carbocycles. The first-order chi connectivity index (χ1) is 8.04. The number of hydrogen-bond acceptors (Lipinski definition) is 3. The van der Waals surface area contributed by atoms with Gasteiger partial charge in [-0.25, -0.2) is 10.2 Å². The van der Waals surface area contributed by atoms with E-state index in [0.717, 1.165) is 16.8 Å². The number of rotatable bonds is 3. The van der Waals surface area contributed by atoms with E-state index in [-0.39, 0.29) is 0 Å². The highest BCUT2D eigenvalue weighted by molar-refractivity contribution is 6.00. The van der Waals surface area contributed by atoms with Crippen LogP contribution < -0.4 is 5.43 Å². The summed E-state index contributed by atoms with van der Waals surface area (Å²) in [6, 6.07) is 6.10. The molecule has 1 aromatic rings. The van der Waals surface area contributed by atoms with Gasteiger partial charge in [-0.15, -0.1) is 0 Å². The Morgan fingerprint density at radius 3 is 2.71 bits per heavy atom. The number of carbonyl (C=O) groups is 1. The second-order valence-corrected chi connectivity index (χ2v) is 3.85. The molecule has 0 unspecified atom stereocenters. The van der Waals surface area contributed by atoms with Crippen LogP contribution in [0, 0.1) is 13.8 Å². The zero-order valence-corrected chi connectivity index (χ0v) is 10.7. The molecule has 0 radical (unpaired) electrons. The van der Waals surface area contributed by atoms with Crippen molar-refractivity contribution in [1.82, 2.24) is 5.43 Å². The Kier molecular flexibility index (Phi) is 4.69. The maximum absolute atomic E-state index is 11.1. The number of hydrogen-bond donors (Lipinski definition) is 1. The van der Waals surface area contributed by atoms with E-state index in [2.05, 4.69) is 16.6 Å². The molecule has 4 heteroatoms. The fourth-order valence-corrected chi connectivity index (χ4v) is 1.57. The molecule has 1 rings (SSSR count). The van der Waals surface area contributed by atoms with E-state index in [4.69, 9.17) is 4.74 Å². The largest absolute Gasteiger partial charge is 0.449 e. The van der Waals surface area contributed by atoms with Gasteiger partial charge in [-0.1, -0.05) is 23.8 Å². The minimum atomic E-state index is -0.531. The maximum atomic E-state index is 11.1. The van der Waals surface area contributed by atoms with Gasteiger partial charge in [0, 0.05) is 5.56 Å². The summed E-state index contributed by atoms with van der Waals surface area (Å²) in [5, 5.41) is 4.00. The quantitative estimate of drug-likeness (QED) is 0.645. The average Bonchev–Trinajstić information content (AvgIpc) is 2.26. The van der Waals surface area contributed by atoms with E-state index in [1.165, 1.54) is 5.56 Å². The van der Waals surface area contributed by atoms with Crippen molar-refractivity contribution in [2.75, 3.05) is 6.61 Å². The summed E-state index contributed by atoms with van der Waals surface area (Å²) >= 11 is 0. The third kappa shape index (κ3) is 3.90. The minimum absolute atomic E-state index is 0.337. The van der Waals surface area contributed by atoms with Gasteiger partial charge >= 0.3 is 6.09 Å². The number of amides is 1. The van der Waals surface area contributed by atoms with Crippen LogP contribution in [-0.4, -0.2) is 18.4 Å². The molecule has 1 N–H and O–H groups in total. The summed E-state index contributed by atoms with van der Waals surface area (Å²) in [5.74, 6) is 0. The second kappa shape index (κ2) is 6.03. The molecule has 92 valence electrons. The molecular formula is C13H18N2O2. The van der Waals surface area contributed by atoms with Crippen molar-refractivity contribution in [2.45, 2.75) is 27.7 Å². The zero-order chi connectivity index (χ0) is 12.8. The first-order valence-electron chi connectivity index (χ1n) is 5.59. The maximum Gasteiger partial charge on any atom is 0.427 e. The van der Waals surface area contributed by atoms with Crippen molar-refractivity contribution in [2.24, 2.45) is 5.10 Å². The van der Waals surface area contributed by atoms with Gasteiger partial charge in [0.15, 0.2) is 0 Å².